The first-order chi connectivity index (χ1) is 14.8. The van der Waals surface area contributed by atoms with Crippen molar-refractivity contribution in [1.29, 1.82) is 0 Å². The Balaban J connectivity index is 1.55. The zero-order chi connectivity index (χ0) is 20.3. The van der Waals surface area contributed by atoms with E-state index in [-0.39, 0.29) is 0 Å². The molecule has 154 valence electrons. The number of fused-ring (bicyclic) bond motifs is 1. The van der Waals surface area contributed by atoms with Crippen molar-refractivity contribution in [1.82, 2.24) is 24.8 Å². The van der Waals surface area contributed by atoms with Crippen molar-refractivity contribution in [2.24, 2.45) is 0 Å². The molecule has 0 aliphatic carbocycles. The highest BCUT2D eigenvalue weighted by Gasteiger charge is 2.22. The maximum atomic E-state index is 6.30. The quantitative estimate of drug-likeness (QED) is 0.481. The van der Waals surface area contributed by atoms with E-state index in [1.807, 2.05) is 36.5 Å². The van der Waals surface area contributed by atoms with Crippen molar-refractivity contribution in [3.8, 4) is 17.3 Å². The highest BCUT2D eigenvalue weighted by Crippen LogP contribution is 2.33. The first-order valence-corrected chi connectivity index (χ1v) is 10.9. The average molecular weight is 422 g/mol. The zero-order valence-electron chi connectivity index (χ0n) is 16.7. The van der Waals surface area contributed by atoms with Gasteiger partial charge in [0.25, 0.3) is 0 Å². The molecule has 1 N–H and O–H groups in total. The lowest BCUT2D eigenvalue weighted by molar-refractivity contribution is 0.412. The highest BCUT2D eigenvalue weighted by atomic mass is 35.5. The summed E-state index contributed by atoms with van der Waals surface area (Å²) in [6, 6.07) is 9.61. The predicted molar refractivity (Wildman–Crippen MR) is 118 cm³/mol. The SMILES string of the molecule is Clc1ccc(-n2c(-c3cnc(C4CCCCNCCC4)o3)nc3ccncc32)cc1. The van der Waals surface area contributed by atoms with Gasteiger partial charge in [-0.25, -0.2) is 9.97 Å². The molecule has 0 amide bonds. The van der Waals surface area contributed by atoms with Gasteiger partial charge in [-0.05, 0) is 69.1 Å². The molecule has 7 heteroatoms. The smallest absolute Gasteiger partial charge is 0.198 e. The summed E-state index contributed by atoms with van der Waals surface area (Å²) in [4.78, 5) is 13.8. The van der Waals surface area contributed by atoms with Crippen LogP contribution in [-0.4, -0.2) is 32.6 Å². The van der Waals surface area contributed by atoms with Crippen LogP contribution in [0.4, 0.5) is 0 Å². The lowest BCUT2D eigenvalue weighted by atomic mass is 9.97. The van der Waals surface area contributed by atoms with Crippen molar-refractivity contribution in [2.75, 3.05) is 13.1 Å². The Labute approximate surface area is 180 Å². The van der Waals surface area contributed by atoms with Gasteiger partial charge in [-0.3, -0.25) is 9.55 Å². The van der Waals surface area contributed by atoms with Gasteiger partial charge < -0.3 is 9.73 Å². The lowest BCUT2D eigenvalue weighted by Crippen LogP contribution is -2.15. The Kier molecular flexibility index (Phi) is 5.51. The Morgan fingerprint density at radius 1 is 1.00 bits per heavy atom. The highest BCUT2D eigenvalue weighted by molar-refractivity contribution is 6.30. The molecular weight excluding hydrogens is 398 g/mol. The molecule has 0 spiro atoms. The second kappa shape index (κ2) is 8.58. The Morgan fingerprint density at radius 3 is 2.73 bits per heavy atom. The summed E-state index contributed by atoms with van der Waals surface area (Å²) in [5.41, 5.74) is 2.74. The molecule has 3 aromatic heterocycles. The number of pyridine rings is 1. The number of aromatic nitrogens is 4. The molecule has 1 aliphatic heterocycles. The Bertz CT molecular complexity index is 1120. The van der Waals surface area contributed by atoms with Gasteiger partial charge in [0.15, 0.2) is 17.5 Å². The Hall–Kier alpha value is -2.70. The van der Waals surface area contributed by atoms with Gasteiger partial charge in [-0.15, -0.1) is 0 Å². The molecule has 0 saturated carbocycles. The van der Waals surface area contributed by atoms with E-state index in [0.29, 0.717) is 16.7 Å². The van der Waals surface area contributed by atoms with Crippen LogP contribution in [0.3, 0.4) is 0 Å². The molecule has 1 aliphatic rings. The third-order valence-corrected chi connectivity index (χ3v) is 5.95. The molecule has 4 heterocycles. The largest absolute Gasteiger partial charge is 0.437 e. The summed E-state index contributed by atoms with van der Waals surface area (Å²) in [6.07, 6.45) is 11.1. The Morgan fingerprint density at radius 2 is 1.83 bits per heavy atom. The first kappa shape index (κ1) is 19.3. The second-order valence-corrected chi connectivity index (χ2v) is 8.20. The van der Waals surface area contributed by atoms with Gasteiger partial charge in [-0.2, -0.15) is 0 Å². The van der Waals surface area contributed by atoms with E-state index >= 15 is 0 Å². The molecule has 1 atom stereocenters. The number of hydrogen-bond acceptors (Lipinski definition) is 5. The number of hydrogen-bond donors (Lipinski definition) is 1. The zero-order valence-corrected chi connectivity index (χ0v) is 17.5. The fraction of sp³-hybridized carbons (Fsp3) is 0.348. The van der Waals surface area contributed by atoms with Crippen molar-refractivity contribution < 1.29 is 4.42 Å². The number of halogens is 1. The molecule has 1 unspecified atom stereocenters. The van der Waals surface area contributed by atoms with E-state index in [4.69, 9.17) is 21.0 Å². The van der Waals surface area contributed by atoms with Crippen molar-refractivity contribution in [3.05, 3.63) is 59.8 Å². The molecule has 1 saturated heterocycles. The van der Waals surface area contributed by atoms with Crippen LogP contribution in [0.5, 0.6) is 0 Å². The normalized spacial score (nSPS) is 18.1. The fourth-order valence-corrected chi connectivity index (χ4v) is 4.28. The van der Waals surface area contributed by atoms with Crippen LogP contribution < -0.4 is 5.32 Å². The molecule has 4 aromatic rings. The molecule has 1 aromatic carbocycles. The summed E-state index contributed by atoms with van der Waals surface area (Å²) in [6.45, 7) is 2.16. The van der Waals surface area contributed by atoms with Gasteiger partial charge in [0.2, 0.25) is 0 Å². The summed E-state index contributed by atoms with van der Waals surface area (Å²) in [7, 11) is 0. The van der Waals surface area contributed by atoms with Crippen molar-refractivity contribution >= 4 is 22.6 Å². The topological polar surface area (TPSA) is 68.8 Å². The first-order valence-electron chi connectivity index (χ1n) is 10.5. The standard InChI is InChI=1S/C23H24ClN5O/c24-17-6-8-18(9-7-17)29-20-14-26-13-10-19(20)28-22(29)21-15-27-23(30-21)16-4-1-2-11-25-12-3-5-16/h6-10,13-16,25H,1-5,11-12H2. The minimum absolute atomic E-state index is 0.355. The van der Waals surface area contributed by atoms with Gasteiger partial charge in [-0.1, -0.05) is 18.0 Å². The number of oxazole rings is 1. The fourth-order valence-electron chi connectivity index (χ4n) is 4.15. The third-order valence-electron chi connectivity index (χ3n) is 5.70. The molecule has 1 fully saturated rings. The second-order valence-electron chi connectivity index (χ2n) is 7.76. The van der Waals surface area contributed by atoms with E-state index < -0.39 is 0 Å². The molecular formula is C23H24ClN5O. The van der Waals surface area contributed by atoms with Crippen LogP contribution in [-0.2, 0) is 0 Å². The molecule has 30 heavy (non-hydrogen) atoms. The van der Waals surface area contributed by atoms with E-state index in [1.165, 1.54) is 12.8 Å². The number of rotatable bonds is 3. The molecule has 0 radical (unpaired) electrons. The van der Waals surface area contributed by atoms with Crippen LogP contribution >= 0.6 is 11.6 Å². The molecule has 0 bridgehead atoms. The molecule has 5 rings (SSSR count). The van der Waals surface area contributed by atoms with Crippen LogP contribution in [0.2, 0.25) is 5.02 Å². The number of imidazole rings is 1. The summed E-state index contributed by atoms with van der Waals surface area (Å²) in [5, 5.41) is 4.19. The van der Waals surface area contributed by atoms with E-state index in [9.17, 15) is 0 Å². The van der Waals surface area contributed by atoms with Crippen LogP contribution in [0.15, 0.2) is 53.3 Å². The van der Waals surface area contributed by atoms with Crippen LogP contribution in [0.25, 0.3) is 28.3 Å². The van der Waals surface area contributed by atoms with Crippen molar-refractivity contribution in [3.63, 3.8) is 0 Å². The van der Waals surface area contributed by atoms with Crippen LogP contribution in [0, 0.1) is 0 Å². The van der Waals surface area contributed by atoms with E-state index in [0.717, 1.165) is 60.8 Å². The van der Waals surface area contributed by atoms with Crippen LogP contribution in [0.1, 0.15) is 43.9 Å². The number of nitrogens with one attached hydrogen (secondary N) is 1. The van der Waals surface area contributed by atoms with Crippen molar-refractivity contribution in [2.45, 2.75) is 38.0 Å². The van der Waals surface area contributed by atoms with E-state index in [1.54, 1.807) is 12.4 Å². The average Bonchev–Trinajstić information content (AvgIpc) is 3.41. The number of nitrogens with zero attached hydrogens (tertiary/aromatic N) is 4. The van der Waals surface area contributed by atoms with Gasteiger partial charge in [0.1, 0.15) is 0 Å². The number of benzene rings is 1. The maximum Gasteiger partial charge on any atom is 0.198 e. The van der Waals surface area contributed by atoms with Gasteiger partial charge in [0, 0.05) is 22.8 Å². The minimum Gasteiger partial charge on any atom is -0.437 e. The molecule has 6 nitrogen and oxygen atoms in total. The monoisotopic (exact) mass is 421 g/mol. The summed E-state index contributed by atoms with van der Waals surface area (Å²) in [5.74, 6) is 2.58. The predicted octanol–water partition coefficient (Wildman–Crippen LogP) is 5.37. The summed E-state index contributed by atoms with van der Waals surface area (Å²) < 4.78 is 8.35. The van der Waals surface area contributed by atoms with Gasteiger partial charge >= 0.3 is 0 Å². The third kappa shape index (κ3) is 3.85. The maximum absolute atomic E-state index is 6.30. The minimum atomic E-state index is 0.355. The van der Waals surface area contributed by atoms with E-state index in [2.05, 4.69) is 19.9 Å². The summed E-state index contributed by atoms with van der Waals surface area (Å²) >= 11 is 6.10. The lowest BCUT2D eigenvalue weighted by Gasteiger charge is -2.11. The van der Waals surface area contributed by atoms with Gasteiger partial charge in [0.05, 0.1) is 23.4 Å².